The number of hydrogen-bond acceptors (Lipinski definition) is 3. The number of halogens is 1. The molecule has 3 aromatic rings. The third kappa shape index (κ3) is 7.17. The van der Waals surface area contributed by atoms with Crippen LogP contribution in [0, 0.1) is 12.7 Å². The summed E-state index contributed by atoms with van der Waals surface area (Å²) < 4.78 is 20.3. The van der Waals surface area contributed by atoms with Gasteiger partial charge in [0.15, 0.2) is 6.61 Å². The van der Waals surface area contributed by atoms with E-state index in [4.69, 9.17) is 4.74 Å². The fourth-order valence-corrected chi connectivity index (χ4v) is 3.66. The molecule has 1 atom stereocenters. The van der Waals surface area contributed by atoms with E-state index in [2.05, 4.69) is 5.32 Å². The van der Waals surface area contributed by atoms with Crippen molar-refractivity contribution in [1.29, 1.82) is 0 Å². The van der Waals surface area contributed by atoms with E-state index in [9.17, 15) is 14.0 Å². The molecule has 1 N–H and O–H groups in total. The molecule has 0 aliphatic carbocycles. The summed E-state index contributed by atoms with van der Waals surface area (Å²) in [5.74, 6) is -0.523. The Labute approximate surface area is 200 Å². The van der Waals surface area contributed by atoms with Crippen molar-refractivity contribution in [2.75, 3.05) is 13.2 Å². The Morgan fingerprint density at radius 3 is 2.44 bits per heavy atom. The number of aryl methyl sites for hydroxylation is 1. The molecule has 3 aromatic carbocycles. The third-order valence-corrected chi connectivity index (χ3v) is 5.47. The van der Waals surface area contributed by atoms with Gasteiger partial charge in [-0.1, -0.05) is 67.6 Å². The van der Waals surface area contributed by atoms with E-state index in [1.165, 1.54) is 11.0 Å². The number of benzene rings is 3. The minimum absolute atomic E-state index is 0.0419. The summed E-state index contributed by atoms with van der Waals surface area (Å²) in [6.07, 6.45) is 1.07. The van der Waals surface area contributed by atoms with Crippen molar-refractivity contribution in [3.63, 3.8) is 0 Å². The zero-order valence-electron chi connectivity index (χ0n) is 19.7. The van der Waals surface area contributed by atoms with Crippen molar-refractivity contribution in [2.24, 2.45) is 0 Å². The van der Waals surface area contributed by atoms with Gasteiger partial charge in [-0.3, -0.25) is 9.59 Å². The second kappa shape index (κ2) is 12.5. The smallest absolute Gasteiger partial charge is 0.261 e. The fraction of sp³-hybridized carbons (Fsp3) is 0.286. The lowest BCUT2D eigenvalue weighted by Gasteiger charge is -2.31. The largest absolute Gasteiger partial charge is 0.484 e. The van der Waals surface area contributed by atoms with Crippen LogP contribution < -0.4 is 10.1 Å². The SMILES string of the molecule is CCCNC(=O)[C@@H](Cc1ccccc1)N(Cc1ccccc1F)C(=O)COc1cccc(C)c1. The van der Waals surface area contributed by atoms with Crippen LogP contribution in [0.3, 0.4) is 0 Å². The fourth-order valence-electron chi connectivity index (χ4n) is 3.66. The van der Waals surface area contributed by atoms with E-state index in [-0.39, 0.29) is 19.1 Å². The number of carbonyl (C=O) groups is 2. The van der Waals surface area contributed by atoms with Crippen molar-refractivity contribution in [3.8, 4) is 5.75 Å². The minimum atomic E-state index is -0.817. The Bertz CT molecular complexity index is 1090. The van der Waals surface area contributed by atoms with Gasteiger partial charge in [0.2, 0.25) is 5.91 Å². The predicted octanol–water partition coefficient (Wildman–Crippen LogP) is 4.68. The Hall–Kier alpha value is -3.67. The number of hydrogen-bond donors (Lipinski definition) is 1. The summed E-state index contributed by atoms with van der Waals surface area (Å²) in [5, 5.41) is 2.90. The van der Waals surface area contributed by atoms with Crippen LogP contribution in [0.5, 0.6) is 5.75 Å². The number of rotatable bonds is 11. The molecule has 0 saturated carbocycles. The van der Waals surface area contributed by atoms with Crippen LogP contribution in [0.25, 0.3) is 0 Å². The monoisotopic (exact) mass is 462 g/mol. The lowest BCUT2D eigenvalue weighted by molar-refractivity contribution is -0.142. The summed E-state index contributed by atoms with van der Waals surface area (Å²) in [6.45, 7) is 4.09. The molecule has 0 radical (unpaired) electrons. The third-order valence-electron chi connectivity index (χ3n) is 5.47. The van der Waals surface area contributed by atoms with Gasteiger partial charge in [-0.25, -0.2) is 4.39 Å². The lowest BCUT2D eigenvalue weighted by Crippen LogP contribution is -2.51. The van der Waals surface area contributed by atoms with Gasteiger partial charge in [0, 0.05) is 25.1 Å². The van der Waals surface area contributed by atoms with Crippen LogP contribution in [-0.4, -0.2) is 35.9 Å². The zero-order chi connectivity index (χ0) is 24.3. The van der Waals surface area contributed by atoms with Crippen molar-refractivity contribution in [2.45, 2.75) is 39.3 Å². The first-order chi connectivity index (χ1) is 16.5. The summed E-state index contributed by atoms with van der Waals surface area (Å²) >= 11 is 0. The van der Waals surface area contributed by atoms with E-state index in [0.717, 1.165) is 17.5 Å². The summed E-state index contributed by atoms with van der Waals surface area (Å²) in [6, 6.07) is 22.4. The highest BCUT2D eigenvalue weighted by Crippen LogP contribution is 2.18. The van der Waals surface area contributed by atoms with Gasteiger partial charge in [0.25, 0.3) is 5.91 Å². The van der Waals surface area contributed by atoms with E-state index >= 15 is 0 Å². The summed E-state index contributed by atoms with van der Waals surface area (Å²) in [5.41, 5.74) is 2.26. The summed E-state index contributed by atoms with van der Waals surface area (Å²) in [7, 11) is 0. The molecule has 6 heteroatoms. The van der Waals surface area contributed by atoms with Crippen LogP contribution in [0.1, 0.15) is 30.0 Å². The van der Waals surface area contributed by atoms with Gasteiger partial charge < -0.3 is 15.0 Å². The van der Waals surface area contributed by atoms with Crippen LogP contribution in [0.2, 0.25) is 0 Å². The molecule has 0 bridgehead atoms. The van der Waals surface area contributed by atoms with E-state index < -0.39 is 17.8 Å². The maximum absolute atomic E-state index is 14.5. The van der Waals surface area contributed by atoms with E-state index in [1.54, 1.807) is 24.3 Å². The van der Waals surface area contributed by atoms with Crippen LogP contribution in [0.15, 0.2) is 78.9 Å². The molecule has 5 nitrogen and oxygen atoms in total. The number of carbonyl (C=O) groups excluding carboxylic acids is 2. The molecule has 0 spiro atoms. The molecule has 0 aliphatic heterocycles. The van der Waals surface area contributed by atoms with Gasteiger partial charge in [-0.05, 0) is 42.7 Å². The Morgan fingerprint density at radius 1 is 1.00 bits per heavy atom. The van der Waals surface area contributed by atoms with Crippen molar-refractivity contribution < 1.29 is 18.7 Å². The molecule has 0 fully saturated rings. The topological polar surface area (TPSA) is 58.6 Å². The van der Waals surface area contributed by atoms with Gasteiger partial charge in [0.1, 0.15) is 17.6 Å². The van der Waals surface area contributed by atoms with Crippen LogP contribution in [0.4, 0.5) is 4.39 Å². The number of nitrogens with zero attached hydrogens (tertiary/aromatic N) is 1. The normalized spacial score (nSPS) is 11.5. The molecule has 3 rings (SSSR count). The molecule has 34 heavy (non-hydrogen) atoms. The van der Waals surface area contributed by atoms with Crippen molar-refractivity contribution in [1.82, 2.24) is 10.2 Å². The highest BCUT2D eigenvalue weighted by Gasteiger charge is 2.31. The van der Waals surface area contributed by atoms with Crippen LogP contribution in [-0.2, 0) is 22.6 Å². The van der Waals surface area contributed by atoms with E-state index in [1.807, 2.05) is 62.4 Å². The molecule has 2 amide bonds. The summed E-state index contributed by atoms with van der Waals surface area (Å²) in [4.78, 5) is 28.1. The van der Waals surface area contributed by atoms with Crippen molar-refractivity contribution >= 4 is 11.8 Å². The molecule has 0 saturated heterocycles. The highest BCUT2D eigenvalue weighted by molar-refractivity contribution is 5.88. The van der Waals surface area contributed by atoms with Gasteiger partial charge in [-0.15, -0.1) is 0 Å². The number of amides is 2. The molecular formula is C28H31FN2O3. The Morgan fingerprint density at radius 2 is 1.74 bits per heavy atom. The maximum atomic E-state index is 14.5. The Balaban J connectivity index is 1.90. The molecule has 0 heterocycles. The first-order valence-electron chi connectivity index (χ1n) is 11.5. The average molecular weight is 463 g/mol. The molecule has 0 aromatic heterocycles. The van der Waals surface area contributed by atoms with Gasteiger partial charge in [-0.2, -0.15) is 0 Å². The first kappa shape index (κ1) is 25.0. The predicted molar refractivity (Wildman–Crippen MR) is 131 cm³/mol. The zero-order valence-corrected chi connectivity index (χ0v) is 19.7. The maximum Gasteiger partial charge on any atom is 0.261 e. The molecule has 0 aliphatic rings. The van der Waals surface area contributed by atoms with Crippen LogP contribution >= 0.6 is 0 Å². The van der Waals surface area contributed by atoms with Gasteiger partial charge in [0.05, 0.1) is 0 Å². The standard InChI is InChI=1S/C28H31FN2O3/c1-3-16-30-28(33)26(18-22-11-5-4-6-12-22)31(19-23-13-7-8-15-25(23)29)27(32)20-34-24-14-9-10-21(2)17-24/h4-15,17,26H,3,16,18-20H2,1-2H3,(H,30,33)/t26-/m1/s1. The van der Waals surface area contributed by atoms with E-state index in [0.29, 0.717) is 24.3 Å². The highest BCUT2D eigenvalue weighted by atomic mass is 19.1. The molecular weight excluding hydrogens is 431 g/mol. The second-order valence-electron chi connectivity index (χ2n) is 8.21. The first-order valence-corrected chi connectivity index (χ1v) is 11.5. The quantitative estimate of drug-likeness (QED) is 0.450. The van der Waals surface area contributed by atoms with Crippen molar-refractivity contribution in [3.05, 3.63) is 101 Å². The Kier molecular flexibility index (Phi) is 9.21. The number of nitrogens with one attached hydrogen (secondary N) is 1. The molecule has 0 unspecified atom stereocenters. The van der Waals surface area contributed by atoms with Gasteiger partial charge >= 0.3 is 0 Å². The lowest BCUT2D eigenvalue weighted by atomic mass is 10.0. The minimum Gasteiger partial charge on any atom is -0.484 e. The molecule has 178 valence electrons. The second-order valence-corrected chi connectivity index (χ2v) is 8.21. The number of ether oxygens (including phenoxy) is 1. The average Bonchev–Trinajstić information content (AvgIpc) is 2.85.